The Kier molecular flexibility index (Phi) is 7.03. The third-order valence-electron chi connectivity index (χ3n) is 4.50. The quantitative estimate of drug-likeness (QED) is 0.618. The summed E-state index contributed by atoms with van der Waals surface area (Å²) < 4.78 is 5.94. The van der Waals surface area contributed by atoms with E-state index < -0.39 is 0 Å². The van der Waals surface area contributed by atoms with Crippen molar-refractivity contribution in [1.82, 2.24) is 4.90 Å². The third-order valence-corrected chi connectivity index (χ3v) is 5.88. The topological polar surface area (TPSA) is 41.9 Å². The van der Waals surface area contributed by atoms with E-state index in [4.69, 9.17) is 16.3 Å². The van der Waals surface area contributed by atoms with Gasteiger partial charge in [0.2, 0.25) is 0 Å². The number of rotatable bonds is 5. The first-order chi connectivity index (χ1) is 13.5. The van der Waals surface area contributed by atoms with Crippen LogP contribution in [-0.4, -0.2) is 34.9 Å². The first kappa shape index (κ1) is 20.7. The molecule has 0 saturated carbocycles. The molecule has 0 N–H and O–H groups in total. The standard InChI is InChI=1S/C22H25ClN2O2S/c1-15(2)17-10-9-16(3)13-20(17)27-14-21(26)25-11-6-12-28-22(25)24-19-8-5-4-7-18(19)23/h4-5,7-10,13,15H,6,11-12,14H2,1-3H3. The number of benzene rings is 2. The van der Waals surface area contributed by atoms with Gasteiger partial charge in [-0.05, 0) is 48.6 Å². The molecule has 0 atom stereocenters. The molecule has 0 spiro atoms. The molecule has 148 valence electrons. The van der Waals surface area contributed by atoms with Crippen molar-refractivity contribution in [2.75, 3.05) is 18.9 Å². The first-order valence-corrected chi connectivity index (χ1v) is 10.8. The minimum atomic E-state index is -0.0887. The van der Waals surface area contributed by atoms with Gasteiger partial charge in [0.15, 0.2) is 11.8 Å². The molecular weight excluding hydrogens is 392 g/mol. The van der Waals surface area contributed by atoms with Crippen molar-refractivity contribution in [2.45, 2.75) is 33.1 Å². The van der Waals surface area contributed by atoms with Gasteiger partial charge < -0.3 is 4.74 Å². The Labute approximate surface area is 175 Å². The van der Waals surface area contributed by atoms with Crippen molar-refractivity contribution in [2.24, 2.45) is 4.99 Å². The Morgan fingerprint density at radius 3 is 2.82 bits per heavy atom. The zero-order chi connectivity index (χ0) is 20.1. The van der Waals surface area contributed by atoms with Crippen LogP contribution in [0.4, 0.5) is 5.69 Å². The molecule has 3 rings (SSSR count). The number of aliphatic imine (C=N–C) groups is 1. The molecule has 6 heteroatoms. The Morgan fingerprint density at radius 1 is 1.29 bits per heavy atom. The molecule has 1 aliphatic heterocycles. The van der Waals surface area contributed by atoms with Gasteiger partial charge in [-0.25, -0.2) is 4.99 Å². The number of carbonyl (C=O) groups excluding carboxylic acids is 1. The van der Waals surface area contributed by atoms with Crippen molar-refractivity contribution < 1.29 is 9.53 Å². The van der Waals surface area contributed by atoms with Crippen LogP contribution in [0.25, 0.3) is 0 Å². The molecule has 1 saturated heterocycles. The minimum absolute atomic E-state index is 0.00866. The molecule has 0 aliphatic carbocycles. The lowest BCUT2D eigenvalue weighted by Crippen LogP contribution is -2.41. The predicted molar refractivity (Wildman–Crippen MR) is 118 cm³/mol. The summed E-state index contributed by atoms with van der Waals surface area (Å²) in [6.07, 6.45) is 0.930. The van der Waals surface area contributed by atoms with Gasteiger partial charge in [0, 0.05) is 12.3 Å². The summed E-state index contributed by atoms with van der Waals surface area (Å²) >= 11 is 7.81. The average molecular weight is 417 g/mol. The number of thioether (sulfide) groups is 1. The number of ether oxygens (including phenoxy) is 1. The van der Waals surface area contributed by atoms with Crippen LogP contribution in [0.1, 0.15) is 37.3 Å². The highest BCUT2D eigenvalue weighted by Gasteiger charge is 2.24. The van der Waals surface area contributed by atoms with Gasteiger partial charge in [0.1, 0.15) is 5.75 Å². The molecule has 0 bridgehead atoms. The van der Waals surface area contributed by atoms with E-state index >= 15 is 0 Å². The second kappa shape index (κ2) is 9.48. The highest BCUT2D eigenvalue weighted by Crippen LogP contribution is 2.29. The number of carbonyl (C=O) groups is 1. The molecule has 1 fully saturated rings. The molecular formula is C22H25ClN2O2S. The number of aryl methyl sites for hydroxylation is 1. The van der Waals surface area contributed by atoms with Crippen LogP contribution in [0, 0.1) is 6.92 Å². The van der Waals surface area contributed by atoms with E-state index in [1.54, 1.807) is 22.7 Å². The summed E-state index contributed by atoms with van der Waals surface area (Å²) in [7, 11) is 0. The highest BCUT2D eigenvalue weighted by atomic mass is 35.5. The summed E-state index contributed by atoms with van der Waals surface area (Å²) in [5, 5.41) is 1.26. The van der Waals surface area contributed by atoms with Crippen molar-refractivity contribution in [3.8, 4) is 5.75 Å². The summed E-state index contributed by atoms with van der Waals surface area (Å²) in [6, 6.07) is 13.5. The fraction of sp³-hybridized carbons (Fsp3) is 0.364. The zero-order valence-corrected chi connectivity index (χ0v) is 18.0. The SMILES string of the molecule is Cc1ccc(C(C)C)c(OCC(=O)N2CCCSC2=Nc2ccccc2Cl)c1. The summed E-state index contributed by atoms with van der Waals surface area (Å²) in [5.41, 5.74) is 2.89. The second-order valence-electron chi connectivity index (χ2n) is 7.08. The van der Waals surface area contributed by atoms with Crippen molar-refractivity contribution >= 4 is 40.1 Å². The molecule has 1 aliphatic rings. The Hall–Kier alpha value is -1.98. The number of hydrogen-bond acceptors (Lipinski definition) is 4. The van der Waals surface area contributed by atoms with Crippen molar-refractivity contribution in [1.29, 1.82) is 0 Å². The minimum Gasteiger partial charge on any atom is -0.483 e. The molecule has 1 amide bonds. The van der Waals surface area contributed by atoms with Gasteiger partial charge in [-0.1, -0.05) is 61.5 Å². The van der Waals surface area contributed by atoms with E-state index in [2.05, 4.69) is 31.0 Å². The Bertz CT molecular complexity index is 883. The number of halogens is 1. The maximum atomic E-state index is 12.9. The van der Waals surface area contributed by atoms with Gasteiger partial charge in [-0.15, -0.1) is 0 Å². The third kappa shape index (κ3) is 5.09. The molecule has 4 nitrogen and oxygen atoms in total. The molecule has 2 aromatic carbocycles. The number of nitrogens with zero attached hydrogens (tertiary/aromatic N) is 2. The molecule has 0 unspecified atom stereocenters. The Morgan fingerprint density at radius 2 is 2.07 bits per heavy atom. The van der Waals surface area contributed by atoms with Gasteiger partial charge >= 0.3 is 0 Å². The second-order valence-corrected chi connectivity index (χ2v) is 8.55. The van der Waals surface area contributed by atoms with Crippen LogP contribution in [0.2, 0.25) is 5.02 Å². The van der Waals surface area contributed by atoms with Crippen LogP contribution in [0.5, 0.6) is 5.75 Å². The smallest absolute Gasteiger partial charge is 0.266 e. The monoisotopic (exact) mass is 416 g/mol. The van der Waals surface area contributed by atoms with Gasteiger partial charge in [0.05, 0.1) is 10.7 Å². The van der Waals surface area contributed by atoms with Crippen LogP contribution < -0.4 is 4.74 Å². The zero-order valence-electron chi connectivity index (χ0n) is 16.4. The van der Waals surface area contributed by atoms with Crippen LogP contribution in [0.15, 0.2) is 47.5 Å². The van der Waals surface area contributed by atoms with Crippen molar-refractivity contribution in [3.05, 3.63) is 58.6 Å². The van der Waals surface area contributed by atoms with Crippen LogP contribution in [-0.2, 0) is 4.79 Å². The first-order valence-electron chi connectivity index (χ1n) is 9.45. The lowest BCUT2D eigenvalue weighted by molar-refractivity contribution is -0.129. The van der Waals surface area contributed by atoms with Crippen LogP contribution in [0.3, 0.4) is 0 Å². The van der Waals surface area contributed by atoms with E-state index in [0.717, 1.165) is 29.1 Å². The number of amides is 1. The van der Waals surface area contributed by atoms with Gasteiger partial charge in [0.25, 0.3) is 5.91 Å². The summed E-state index contributed by atoms with van der Waals surface area (Å²) in [5.74, 6) is 1.95. The maximum absolute atomic E-state index is 12.9. The van der Waals surface area contributed by atoms with E-state index in [9.17, 15) is 4.79 Å². The van der Waals surface area contributed by atoms with Gasteiger partial charge in [-0.2, -0.15) is 0 Å². The van der Waals surface area contributed by atoms with E-state index in [1.165, 1.54) is 0 Å². The molecule has 1 heterocycles. The number of para-hydroxylation sites is 1. The largest absolute Gasteiger partial charge is 0.483 e. The number of hydrogen-bond donors (Lipinski definition) is 0. The normalized spacial score (nSPS) is 15.9. The number of amidine groups is 1. The average Bonchev–Trinajstić information content (AvgIpc) is 2.68. The highest BCUT2D eigenvalue weighted by molar-refractivity contribution is 8.13. The lowest BCUT2D eigenvalue weighted by Gasteiger charge is -2.28. The fourth-order valence-corrected chi connectivity index (χ4v) is 4.14. The van der Waals surface area contributed by atoms with E-state index in [0.29, 0.717) is 28.3 Å². The van der Waals surface area contributed by atoms with E-state index in [1.807, 2.05) is 31.2 Å². The molecule has 2 aromatic rings. The lowest BCUT2D eigenvalue weighted by atomic mass is 10.0. The van der Waals surface area contributed by atoms with Crippen LogP contribution >= 0.6 is 23.4 Å². The molecule has 0 radical (unpaired) electrons. The Balaban J connectivity index is 1.76. The maximum Gasteiger partial charge on any atom is 0.266 e. The fourth-order valence-electron chi connectivity index (χ4n) is 2.99. The van der Waals surface area contributed by atoms with Gasteiger partial charge in [-0.3, -0.25) is 9.69 Å². The summed E-state index contributed by atoms with van der Waals surface area (Å²) in [4.78, 5) is 19.2. The van der Waals surface area contributed by atoms with Crippen molar-refractivity contribution in [3.63, 3.8) is 0 Å². The molecule has 0 aromatic heterocycles. The van der Waals surface area contributed by atoms with E-state index in [-0.39, 0.29) is 12.5 Å². The summed E-state index contributed by atoms with van der Waals surface area (Å²) in [6.45, 7) is 6.90. The predicted octanol–water partition coefficient (Wildman–Crippen LogP) is 5.80. The molecule has 28 heavy (non-hydrogen) atoms.